The van der Waals surface area contributed by atoms with Crippen LogP contribution in [0.5, 0.6) is 11.5 Å². The molecular weight excluding hydrogens is 360 g/mol. The Balaban J connectivity index is 1.74. The zero-order chi connectivity index (χ0) is 20.1. The van der Waals surface area contributed by atoms with Gasteiger partial charge in [-0.05, 0) is 42.8 Å². The Bertz CT molecular complexity index is 1090. The molecule has 0 aliphatic rings. The Morgan fingerprint density at radius 1 is 1.18 bits per heavy atom. The van der Waals surface area contributed by atoms with Gasteiger partial charge in [0.2, 0.25) is 0 Å². The number of nitrogens with one attached hydrogen (secondary N) is 1. The molecule has 28 heavy (non-hydrogen) atoms. The van der Waals surface area contributed by atoms with Gasteiger partial charge in [0.25, 0.3) is 11.5 Å². The van der Waals surface area contributed by atoms with Gasteiger partial charge in [-0.3, -0.25) is 14.2 Å². The van der Waals surface area contributed by atoms with Crippen molar-refractivity contribution >= 4 is 23.0 Å². The number of carbonyl (C=O) groups excluding carboxylic acids is 1. The molecule has 1 amide bonds. The molecule has 8 heteroatoms. The first-order valence-corrected chi connectivity index (χ1v) is 8.56. The van der Waals surface area contributed by atoms with Gasteiger partial charge in [0.1, 0.15) is 6.04 Å². The van der Waals surface area contributed by atoms with Crippen LogP contribution in [0.3, 0.4) is 0 Å². The number of aromatic nitrogens is 2. The fourth-order valence-electron chi connectivity index (χ4n) is 2.68. The predicted octanol–water partition coefficient (Wildman–Crippen LogP) is 2.12. The molecule has 1 heterocycles. The topological polar surface area (TPSA) is 94.8 Å². The standard InChI is InChI=1S/C20H20N4O4/c1-13(24-12-21-16-7-5-4-6-15(16)20(24)26)19(25)23-22-11-14-8-9-17(27-2)18(10-14)28-3/h4-13H,1-3H3,(H,23,25)/b22-11-. The average molecular weight is 380 g/mol. The highest BCUT2D eigenvalue weighted by Crippen LogP contribution is 2.26. The summed E-state index contributed by atoms with van der Waals surface area (Å²) < 4.78 is 11.7. The van der Waals surface area contributed by atoms with Crippen LogP contribution < -0.4 is 20.5 Å². The van der Waals surface area contributed by atoms with Crippen LogP contribution in [0, 0.1) is 0 Å². The SMILES string of the molecule is COc1ccc(/C=N\NC(=O)C(C)n2cnc3ccccc3c2=O)cc1OC. The summed E-state index contributed by atoms with van der Waals surface area (Å²) in [5.74, 6) is 0.719. The molecule has 0 aliphatic heterocycles. The third-order valence-electron chi connectivity index (χ3n) is 4.28. The maximum atomic E-state index is 12.6. The van der Waals surface area contributed by atoms with Gasteiger partial charge in [-0.2, -0.15) is 5.10 Å². The minimum Gasteiger partial charge on any atom is -0.493 e. The van der Waals surface area contributed by atoms with E-state index in [9.17, 15) is 9.59 Å². The molecule has 8 nitrogen and oxygen atoms in total. The van der Waals surface area contributed by atoms with Crippen molar-refractivity contribution in [1.29, 1.82) is 0 Å². The minimum atomic E-state index is -0.771. The van der Waals surface area contributed by atoms with E-state index in [1.54, 1.807) is 56.5 Å². The number of para-hydroxylation sites is 1. The molecule has 2 aromatic carbocycles. The monoisotopic (exact) mass is 380 g/mol. The highest BCUT2D eigenvalue weighted by molar-refractivity contribution is 5.85. The Morgan fingerprint density at radius 2 is 1.93 bits per heavy atom. The predicted molar refractivity (Wildman–Crippen MR) is 106 cm³/mol. The van der Waals surface area contributed by atoms with Gasteiger partial charge in [0.15, 0.2) is 11.5 Å². The van der Waals surface area contributed by atoms with E-state index >= 15 is 0 Å². The van der Waals surface area contributed by atoms with Crippen LogP contribution >= 0.6 is 0 Å². The molecule has 0 fully saturated rings. The molecule has 1 aromatic heterocycles. The molecule has 3 rings (SSSR count). The molecule has 0 aliphatic carbocycles. The first-order valence-electron chi connectivity index (χ1n) is 8.56. The lowest BCUT2D eigenvalue weighted by atomic mass is 10.2. The number of benzene rings is 2. The smallest absolute Gasteiger partial charge is 0.262 e. The summed E-state index contributed by atoms with van der Waals surface area (Å²) in [6.07, 6.45) is 2.85. The normalized spacial score (nSPS) is 12.1. The van der Waals surface area contributed by atoms with Crippen molar-refractivity contribution in [3.63, 3.8) is 0 Å². The number of rotatable bonds is 6. The van der Waals surface area contributed by atoms with Gasteiger partial charge < -0.3 is 9.47 Å². The lowest BCUT2D eigenvalue weighted by Gasteiger charge is -2.13. The molecule has 0 radical (unpaired) electrons. The number of ether oxygens (including phenoxy) is 2. The van der Waals surface area contributed by atoms with E-state index in [-0.39, 0.29) is 5.56 Å². The number of nitrogens with zero attached hydrogens (tertiary/aromatic N) is 3. The second-order valence-electron chi connectivity index (χ2n) is 6.00. The Morgan fingerprint density at radius 3 is 2.68 bits per heavy atom. The zero-order valence-electron chi connectivity index (χ0n) is 15.7. The number of carbonyl (C=O) groups is 1. The van der Waals surface area contributed by atoms with Crippen molar-refractivity contribution in [2.45, 2.75) is 13.0 Å². The number of hydrogen-bond acceptors (Lipinski definition) is 6. The van der Waals surface area contributed by atoms with Gasteiger partial charge in [-0.1, -0.05) is 12.1 Å². The maximum Gasteiger partial charge on any atom is 0.262 e. The second-order valence-corrected chi connectivity index (χ2v) is 6.00. The molecule has 144 valence electrons. The summed E-state index contributed by atoms with van der Waals surface area (Å²) >= 11 is 0. The van der Waals surface area contributed by atoms with Gasteiger partial charge in [-0.15, -0.1) is 0 Å². The molecule has 0 spiro atoms. The molecule has 0 saturated carbocycles. The van der Waals surface area contributed by atoms with E-state index in [4.69, 9.17) is 9.47 Å². The molecule has 0 bridgehead atoms. The molecule has 0 saturated heterocycles. The Labute approximate surface area is 161 Å². The summed E-state index contributed by atoms with van der Waals surface area (Å²) in [4.78, 5) is 29.2. The van der Waals surface area contributed by atoms with E-state index in [1.165, 1.54) is 24.2 Å². The number of hydrogen-bond donors (Lipinski definition) is 1. The average Bonchev–Trinajstić information content (AvgIpc) is 2.73. The molecule has 1 unspecified atom stereocenters. The lowest BCUT2D eigenvalue weighted by Crippen LogP contribution is -2.33. The van der Waals surface area contributed by atoms with Gasteiger partial charge in [0, 0.05) is 0 Å². The third-order valence-corrected chi connectivity index (χ3v) is 4.28. The van der Waals surface area contributed by atoms with Crippen LogP contribution in [0.1, 0.15) is 18.5 Å². The lowest BCUT2D eigenvalue weighted by molar-refractivity contribution is -0.123. The van der Waals surface area contributed by atoms with E-state index < -0.39 is 11.9 Å². The fourth-order valence-corrected chi connectivity index (χ4v) is 2.68. The highest BCUT2D eigenvalue weighted by Gasteiger charge is 2.17. The van der Waals surface area contributed by atoms with E-state index in [0.29, 0.717) is 22.4 Å². The fraction of sp³-hybridized carbons (Fsp3) is 0.200. The van der Waals surface area contributed by atoms with Crippen LogP contribution in [0.2, 0.25) is 0 Å². The Hall–Kier alpha value is -3.68. The summed E-state index contributed by atoms with van der Waals surface area (Å²) in [5.41, 5.74) is 3.46. The Kier molecular flexibility index (Phi) is 5.69. The van der Waals surface area contributed by atoms with Gasteiger partial charge in [0.05, 0.1) is 37.7 Å². The number of hydrazone groups is 1. The summed E-state index contributed by atoms with van der Waals surface area (Å²) in [5, 5.41) is 4.41. The van der Waals surface area contributed by atoms with Crippen LogP contribution in [0.15, 0.2) is 58.7 Å². The van der Waals surface area contributed by atoms with Crippen molar-refractivity contribution < 1.29 is 14.3 Å². The van der Waals surface area contributed by atoms with Crippen molar-refractivity contribution in [2.75, 3.05) is 14.2 Å². The van der Waals surface area contributed by atoms with Crippen molar-refractivity contribution in [2.24, 2.45) is 5.10 Å². The number of methoxy groups -OCH3 is 2. The van der Waals surface area contributed by atoms with E-state index in [1.807, 2.05) is 0 Å². The van der Waals surface area contributed by atoms with Crippen molar-refractivity contribution in [3.05, 3.63) is 64.7 Å². The first kappa shape index (κ1) is 19.1. The van der Waals surface area contributed by atoms with Crippen LogP contribution in [0.4, 0.5) is 0 Å². The summed E-state index contributed by atoms with van der Waals surface area (Å²) in [6.45, 7) is 1.61. The molecular formula is C20H20N4O4. The molecule has 1 atom stereocenters. The van der Waals surface area contributed by atoms with E-state index in [2.05, 4.69) is 15.5 Å². The summed E-state index contributed by atoms with van der Waals surface area (Å²) in [6, 6.07) is 11.5. The van der Waals surface area contributed by atoms with Crippen molar-refractivity contribution in [3.8, 4) is 11.5 Å². The zero-order valence-corrected chi connectivity index (χ0v) is 15.7. The molecule has 3 aromatic rings. The van der Waals surface area contributed by atoms with Crippen LogP contribution in [-0.4, -0.2) is 35.9 Å². The van der Waals surface area contributed by atoms with E-state index in [0.717, 1.165) is 5.56 Å². The first-order chi connectivity index (χ1) is 13.5. The van der Waals surface area contributed by atoms with Crippen molar-refractivity contribution in [1.82, 2.24) is 15.0 Å². The number of fused-ring (bicyclic) bond motifs is 1. The van der Waals surface area contributed by atoms with Gasteiger partial charge in [-0.25, -0.2) is 10.4 Å². The second kappa shape index (κ2) is 8.34. The highest BCUT2D eigenvalue weighted by atomic mass is 16.5. The van der Waals surface area contributed by atoms with Crippen LogP contribution in [-0.2, 0) is 4.79 Å². The number of amides is 1. The van der Waals surface area contributed by atoms with Crippen LogP contribution in [0.25, 0.3) is 10.9 Å². The quantitative estimate of drug-likeness (QED) is 0.522. The summed E-state index contributed by atoms with van der Waals surface area (Å²) in [7, 11) is 3.09. The molecule has 1 N–H and O–H groups in total. The third kappa shape index (κ3) is 3.85. The minimum absolute atomic E-state index is 0.280. The maximum absolute atomic E-state index is 12.6. The van der Waals surface area contributed by atoms with Gasteiger partial charge >= 0.3 is 0 Å². The largest absolute Gasteiger partial charge is 0.493 e.